The lowest BCUT2D eigenvalue weighted by Crippen LogP contribution is -2.54. The van der Waals surface area contributed by atoms with Gasteiger partial charge in [0.1, 0.15) is 17.6 Å². The van der Waals surface area contributed by atoms with Crippen LogP contribution in [-0.4, -0.2) is 51.7 Å². The van der Waals surface area contributed by atoms with Gasteiger partial charge in [-0.3, -0.25) is 0 Å². The maximum absolute atomic E-state index is 9.96. The van der Waals surface area contributed by atoms with Gasteiger partial charge in [-0.2, -0.15) is 0 Å². The number of rotatable bonds is 7. The Bertz CT molecular complexity index is 1130. The Morgan fingerprint density at radius 2 is 2.03 bits per heavy atom. The summed E-state index contributed by atoms with van der Waals surface area (Å²) in [5.74, 6) is 8.35. The molecule has 1 saturated heterocycles. The van der Waals surface area contributed by atoms with E-state index in [1.54, 1.807) is 19.3 Å². The molecule has 0 spiro atoms. The second-order valence-corrected chi connectivity index (χ2v) is 8.85. The average Bonchev–Trinajstić information content (AvgIpc) is 3.43. The fourth-order valence-electron chi connectivity index (χ4n) is 4.31. The number of nitrogens with two attached hydrogens (primary N) is 1. The summed E-state index contributed by atoms with van der Waals surface area (Å²) in [6, 6.07) is 10.7. The first-order valence-electron chi connectivity index (χ1n) is 11.4. The molecule has 3 heterocycles. The highest BCUT2D eigenvalue weighted by Gasteiger charge is 2.31. The lowest BCUT2D eigenvalue weighted by Gasteiger charge is -2.38. The minimum absolute atomic E-state index is 0.266. The molecule has 4 N–H and O–H groups in total. The van der Waals surface area contributed by atoms with E-state index in [2.05, 4.69) is 27.3 Å². The molecule has 0 amide bonds. The molecule has 2 aromatic heterocycles. The van der Waals surface area contributed by atoms with E-state index < -0.39 is 6.10 Å². The molecule has 0 bridgehead atoms. The molecule has 2 aliphatic rings. The Morgan fingerprint density at radius 1 is 1.24 bits per heavy atom. The molecular weight excluding hydrogens is 418 g/mol. The van der Waals surface area contributed by atoms with E-state index >= 15 is 0 Å². The Morgan fingerprint density at radius 3 is 2.70 bits per heavy atom. The molecule has 172 valence electrons. The number of aliphatic hydroxyl groups excluding tert-OH is 1. The number of aromatic nitrogens is 3. The molecule has 2 fully saturated rings. The molecule has 1 aliphatic heterocycles. The zero-order valence-corrected chi connectivity index (χ0v) is 18.6. The Labute approximate surface area is 193 Å². The highest BCUT2D eigenvalue weighted by atomic mass is 16.5. The predicted molar refractivity (Wildman–Crippen MR) is 123 cm³/mol. The van der Waals surface area contributed by atoms with Gasteiger partial charge >= 0.3 is 0 Å². The first-order valence-corrected chi connectivity index (χ1v) is 11.4. The van der Waals surface area contributed by atoms with Crippen LogP contribution in [0.1, 0.15) is 49.0 Å². The third-order valence-corrected chi connectivity index (χ3v) is 6.34. The van der Waals surface area contributed by atoms with Gasteiger partial charge in [0, 0.05) is 48.1 Å². The fourth-order valence-corrected chi connectivity index (χ4v) is 4.31. The molecule has 8 nitrogen and oxygen atoms in total. The molecular formula is C25H29N5O3. The van der Waals surface area contributed by atoms with E-state index in [0.29, 0.717) is 41.8 Å². The lowest BCUT2D eigenvalue weighted by molar-refractivity contribution is -0.0163. The van der Waals surface area contributed by atoms with E-state index in [0.717, 1.165) is 37.2 Å². The van der Waals surface area contributed by atoms with Crippen LogP contribution in [0.4, 0.5) is 0 Å². The second kappa shape index (κ2) is 9.49. The standard InChI is InChI=1S/C25H29N5O3/c1-16(31)25-27-8-9-30(25)23(13-26)22-12-24(33-29-22)19-6-4-17(5-7-19)2-3-18-10-20(11-18)28-21-14-32-15-21/h4-9,12,16,18,20-21,23,28,31H,10-11,13-15,26H2,1H3/t16-,18-,20-,23+/m0/s1. The number of nitrogens with zero attached hydrogens (tertiary/aromatic N) is 3. The molecule has 1 saturated carbocycles. The van der Waals surface area contributed by atoms with Crippen LogP contribution in [0.25, 0.3) is 11.3 Å². The first-order chi connectivity index (χ1) is 16.1. The van der Waals surface area contributed by atoms with Crippen molar-refractivity contribution in [3.8, 4) is 23.2 Å². The molecule has 2 atom stereocenters. The minimum atomic E-state index is -0.700. The molecule has 0 radical (unpaired) electrons. The zero-order chi connectivity index (χ0) is 22.8. The highest BCUT2D eigenvalue weighted by Crippen LogP contribution is 2.29. The third-order valence-electron chi connectivity index (χ3n) is 6.34. The third kappa shape index (κ3) is 4.72. The van der Waals surface area contributed by atoms with Crippen molar-refractivity contribution in [1.29, 1.82) is 0 Å². The number of aliphatic hydroxyl groups is 1. The molecule has 1 aliphatic carbocycles. The van der Waals surface area contributed by atoms with Crippen molar-refractivity contribution < 1.29 is 14.4 Å². The van der Waals surface area contributed by atoms with E-state index in [1.165, 1.54) is 0 Å². The zero-order valence-electron chi connectivity index (χ0n) is 18.6. The van der Waals surface area contributed by atoms with Gasteiger partial charge in [0.05, 0.1) is 25.3 Å². The van der Waals surface area contributed by atoms with Crippen LogP contribution in [0, 0.1) is 17.8 Å². The first kappa shape index (κ1) is 21.9. The van der Waals surface area contributed by atoms with Crippen molar-refractivity contribution in [1.82, 2.24) is 20.0 Å². The van der Waals surface area contributed by atoms with Gasteiger partial charge in [0.25, 0.3) is 0 Å². The van der Waals surface area contributed by atoms with Gasteiger partial charge in [-0.05, 0) is 44.0 Å². The average molecular weight is 448 g/mol. The number of hydrogen-bond acceptors (Lipinski definition) is 7. The lowest BCUT2D eigenvalue weighted by atomic mass is 9.80. The van der Waals surface area contributed by atoms with Crippen LogP contribution < -0.4 is 11.1 Å². The highest BCUT2D eigenvalue weighted by molar-refractivity contribution is 5.59. The molecule has 33 heavy (non-hydrogen) atoms. The number of benzene rings is 1. The van der Waals surface area contributed by atoms with Gasteiger partial charge in [-0.25, -0.2) is 4.98 Å². The van der Waals surface area contributed by atoms with Gasteiger partial charge in [-0.1, -0.05) is 17.0 Å². The van der Waals surface area contributed by atoms with Crippen LogP contribution in [0.2, 0.25) is 0 Å². The molecule has 5 rings (SSSR count). The maximum Gasteiger partial charge on any atom is 0.167 e. The topological polar surface area (TPSA) is 111 Å². The van der Waals surface area contributed by atoms with E-state index in [4.69, 9.17) is 15.0 Å². The fraction of sp³-hybridized carbons (Fsp3) is 0.440. The summed E-state index contributed by atoms with van der Waals surface area (Å²) in [4.78, 5) is 4.23. The van der Waals surface area contributed by atoms with E-state index in [9.17, 15) is 5.11 Å². The second-order valence-electron chi connectivity index (χ2n) is 8.85. The van der Waals surface area contributed by atoms with E-state index in [-0.39, 0.29) is 6.04 Å². The van der Waals surface area contributed by atoms with Gasteiger partial charge < -0.3 is 30.0 Å². The number of nitrogens with one attached hydrogen (secondary N) is 1. The van der Waals surface area contributed by atoms with Crippen LogP contribution in [-0.2, 0) is 4.74 Å². The molecule has 3 aromatic rings. The number of ether oxygens (including phenoxy) is 1. The summed E-state index contributed by atoms with van der Waals surface area (Å²) in [7, 11) is 0. The SMILES string of the molecule is C[C@H](O)c1nccn1[C@H](CN)c1cc(-c2ccc(C#C[C@H]3C[C@H](NC4COC4)C3)cc2)on1. The van der Waals surface area contributed by atoms with Gasteiger partial charge in [-0.15, -0.1) is 0 Å². The Hall–Kier alpha value is -2.96. The van der Waals surface area contributed by atoms with Crippen molar-refractivity contribution in [3.63, 3.8) is 0 Å². The van der Waals surface area contributed by atoms with Crippen molar-refractivity contribution in [2.75, 3.05) is 19.8 Å². The largest absolute Gasteiger partial charge is 0.385 e. The molecule has 8 heteroatoms. The number of imidazole rings is 1. The normalized spacial score (nSPS) is 22.0. The summed E-state index contributed by atoms with van der Waals surface area (Å²) >= 11 is 0. The molecule has 1 aromatic carbocycles. The van der Waals surface area contributed by atoms with Crippen molar-refractivity contribution in [2.24, 2.45) is 11.7 Å². The smallest absolute Gasteiger partial charge is 0.167 e. The van der Waals surface area contributed by atoms with Gasteiger partial charge in [0.2, 0.25) is 0 Å². The summed E-state index contributed by atoms with van der Waals surface area (Å²) in [6.45, 7) is 3.66. The maximum atomic E-state index is 9.96. The Balaban J connectivity index is 1.22. The van der Waals surface area contributed by atoms with Gasteiger partial charge in [0.15, 0.2) is 5.76 Å². The summed E-state index contributed by atoms with van der Waals surface area (Å²) < 4.78 is 12.6. The summed E-state index contributed by atoms with van der Waals surface area (Å²) in [6.07, 6.45) is 4.96. The summed E-state index contributed by atoms with van der Waals surface area (Å²) in [5.41, 5.74) is 8.62. The number of hydrogen-bond donors (Lipinski definition) is 3. The van der Waals surface area contributed by atoms with Crippen molar-refractivity contribution in [2.45, 2.75) is 44.0 Å². The van der Waals surface area contributed by atoms with Crippen molar-refractivity contribution in [3.05, 3.63) is 59.8 Å². The van der Waals surface area contributed by atoms with Crippen LogP contribution in [0.15, 0.2) is 47.2 Å². The monoisotopic (exact) mass is 447 g/mol. The quantitative estimate of drug-likeness (QED) is 0.476. The van der Waals surface area contributed by atoms with E-state index in [1.807, 2.05) is 34.9 Å². The Kier molecular flexibility index (Phi) is 6.29. The predicted octanol–water partition coefficient (Wildman–Crippen LogP) is 2.26. The van der Waals surface area contributed by atoms with Crippen LogP contribution in [0.5, 0.6) is 0 Å². The summed E-state index contributed by atoms with van der Waals surface area (Å²) in [5, 5.41) is 17.8. The minimum Gasteiger partial charge on any atom is -0.385 e. The molecule has 0 unspecified atom stereocenters. The van der Waals surface area contributed by atoms with Crippen LogP contribution >= 0.6 is 0 Å². The van der Waals surface area contributed by atoms with Crippen LogP contribution in [0.3, 0.4) is 0 Å². The van der Waals surface area contributed by atoms with Crippen molar-refractivity contribution >= 4 is 0 Å².